The van der Waals surface area contributed by atoms with E-state index in [0.29, 0.717) is 0 Å². The standard InChI is InChI=1S/C6H9O2/c1-3-4-6(2)8-5-7/h3-4,6H,1-2H3/b4-3+. The topological polar surface area (TPSA) is 26.3 Å². The molecule has 0 heterocycles. The van der Waals surface area contributed by atoms with Gasteiger partial charge in [0.2, 0.25) is 0 Å². The molecule has 0 aromatic heterocycles. The number of allylic oxidation sites excluding steroid dienone is 1. The third kappa shape index (κ3) is 3.40. The van der Waals surface area contributed by atoms with Crippen LogP contribution in [0.3, 0.4) is 0 Å². The minimum absolute atomic E-state index is 0.141. The molecule has 1 radical (unpaired) electrons. The van der Waals surface area contributed by atoms with Crippen LogP contribution < -0.4 is 0 Å². The molecular formula is C6H9O2. The number of carbonyl (C=O) groups excluding carboxylic acids is 1. The number of ether oxygens (including phenoxy) is 1. The predicted octanol–water partition coefficient (Wildman–Crippen LogP) is 1.03. The van der Waals surface area contributed by atoms with E-state index in [2.05, 4.69) is 4.74 Å². The number of rotatable bonds is 3. The second-order valence-corrected chi connectivity index (χ2v) is 1.43. The Balaban J connectivity index is 3.31. The van der Waals surface area contributed by atoms with Gasteiger partial charge < -0.3 is 4.74 Å². The molecule has 0 amide bonds. The Labute approximate surface area is 49.1 Å². The van der Waals surface area contributed by atoms with E-state index < -0.39 is 0 Å². The van der Waals surface area contributed by atoms with Crippen molar-refractivity contribution in [1.82, 2.24) is 0 Å². The molecule has 1 atom stereocenters. The molecule has 0 fully saturated rings. The van der Waals surface area contributed by atoms with Crippen molar-refractivity contribution in [2.45, 2.75) is 20.0 Å². The average Bonchev–Trinajstić information content (AvgIpc) is 1.68. The Morgan fingerprint density at radius 3 is 2.75 bits per heavy atom. The van der Waals surface area contributed by atoms with E-state index in [9.17, 15) is 4.79 Å². The van der Waals surface area contributed by atoms with Crippen LogP contribution in [0.15, 0.2) is 12.2 Å². The predicted molar refractivity (Wildman–Crippen MR) is 31.1 cm³/mol. The molecule has 0 aromatic rings. The van der Waals surface area contributed by atoms with Gasteiger partial charge >= 0.3 is 6.47 Å². The van der Waals surface area contributed by atoms with Crippen molar-refractivity contribution in [3.8, 4) is 0 Å². The van der Waals surface area contributed by atoms with Crippen LogP contribution in [-0.4, -0.2) is 12.6 Å². The molecular weight excluding hydrogens is 104 g/mol. The third-order valence-electron chi connectivity index (χ3n) is 0.697. The molecule has 0 bridgehead atoms. The Morgan fingerprint density at radius 2 is 2.38 bits per heavy atom. The van der Waals surface area contributed by atoms with Crippen molar-refractivity contribution in [1.29, 1.82) is 0 Å². The molecule has 0 aliphatic rings. The molecule has 8 heavy (non-hydrogen) atoms. The van der Waals surface area contributed by atoms with Gasteiger partial charge in [0.1, 0.15) is 6.10 Å². The molecule has 0 spiro atoms. The van der Waals surface area contributed by atoms with Gasteiger partial charge in [0, 0.05) is 0 Å². The summed E-state index contributed by atoms with van der Waals surface area (Å²) in [6, 6.07) is 0. The highest BCUT2D eigenvalue weighted by atomic mass is 16.5. The minimum atomic E-state index is -0.141. The highest BCUT2D eigenvalue weighted by molar-refractivity contribution is 5.39. The first-order chi connectivity index (χ1) is 3.81. The molecule has 0 rings (SSSR count). The summed E-state index contributed by atoms with van der Waals surface area (Å²) in [7, 11) is 0. The molecule has 0 saturated carbocycles. The maximum absolute atomic E-state index is 9.51. The van der Waals surface area contributed by atoms with Crippen molar-refractivity contribution in [2.75, 3.05) is 0 Å². The fraction of sp³-hybridized carbons (Fsp3) is 0.500. The largest absolute Gasteiger partial charge is 0.450 e. The first-order valence-corrected chi connectivity index (χ1v) is 2.47. The first-order valence-electron chi connectivity index (χ1n) is 2.47. The Bertz CT molecular complexity index is 86.5. The van der Waals surface area contributed by atoms with Crippen molar-refractivity contribution >= 4 is 6.47 Å². The second kappa shape index (κ2) is 4.37. The van der Waals surface area contributed by atoms with Crippen LogP contribution in [-0.2, 0) is 9.53 Å². The summed E-state index contributed by atoms with van der Waals surface area (Å²) in [5.74, 6) is 0. The molecule has 2 heteroatoms. The lowest BCUT2D eigenvalue weighted by Crippen LogP contribution is -2.00. The van der Waals surface area contributed by atoms with E-state index in [4.69, 9.17) is 0 Å². The summed E-state index contributed by atoms with van der Waals surface area (Å²) in [6.45, 7) is 4.99. The molecule has 45 valence electrons. The fourth-order valence-electron chi connectivity index (χ4n) is 0.386. The molecule has 0 aromatic carbocycles. The minimum Gasteiger partial charge on any atom is -0.450 e. The third-order valence-corrected chi connectivity index (χ3v) is 0.697. The molecule has 0 N–H and O–H groups in total. The SMILES string of the molecule is C/C=C/C(C)O[C]=O. The summed E-state index contributed by atoms with van der Waals surface area (Å²) in [5, 5.41) is 0. The molecule has 0 aliphatic carbocycles. The van der Waals surface area contributed by atoms with Gasteiger partial charge in [-0.3, -0.25) is 0 Å². The molecule has 0 saturated heterocycles. The van der Waals surface area contributed by atoms with Crippen molar-refractivity contribution < 1.29 is 9.53 Å². The fourth-order valence-corrected chi connectivity index (χ4v) is 0.386. The maximum Gasteiger partial charge on any atom is 0.418 e. The van der Waals surface area contributed by atoms with Crippen LogP contribution in [0.25, 0.3) is 0 Å². The second-order valence-electron chi connectivity index (χ2n) is 1.43. The van der Waals surface area contributed by atoms with E-state index in [1.54, 1.807) is 13.0 Å². The van der Waals surface area contributed by atoms with Crippen LogP contribution in [0, 0.1) is 0 Å². The monoisotopic (exact) mass is 113 g/mol. The quantitative estimate of drug-likeness (QED) is 0.511. The highest BCUT2D eigenvalue weighted by Crippen LogP contribution is 1.87. The van der Waals surface area contributed by atoms with Gasteiger partial charge in [0.05, 0.1) is 0 Å². The summed E-state index contributed by atoms with van der Waals surface area (Å²) in [4.78, 5) is 9.51. The summed E-state index contributed by atoms with van der Waals surface area (Å²) < 4.78 is 4.39. The molecule has 1 unspecified atom stereocenters. The van der Waals surface area contributed by atoms with Crippen molar-refractivity contribution in [3.63, 3.8) is 0 Å². The van der Waals surface area contributed by atoms with Crippen LogP contribution in [0.2, 0.25) is 0 Å². The summed E-state index contributed by atoms with van der Waals surface area (Å²) in [5.41, 5.74) is 0. The Kier molecular flexibility index (Phi) is 3.94. The van der Waals surface area contributed by atoms with Crippen molar-refractivity contribution in [3.05, 3.63) is 12.2 Å². The van der Waals surface area contributed by atoms with Gasteiger partial charge in [0.25, 0.3) is 0 Å². The lowest BCUT2D eigenvalue weighted by molar-refractivity contribution is 0.236. The van der Waals surface area contributed by atoms with Gasteiger partial charge in [-0.25, -0.2) is 4.79 Å². The smallest absolute Gasteiger partial charge is 0.418 e. The number of hydrogen-bond acceptors (Lipinski definition) is 2. The van der Waals surface area contributed by atoms with E-state index in [0.717, 1.165) is 0 Å². The lowest BCUT2D eigenvalue weighted by Gasteiger charge is -1.98. The molecule has 0 aliphatic heterocycles. The van der Waals surface area contributed by atoms with Crippen LogP contribution in [0.1, 0.15) is 13.8 Å². The molecule has 2 nitrogen and oxygen atoms in total. The van der Waals surface area contributed by atoms with Gasteiger partial charge in [-0.1, -0.05) is 6.08 Å². The van der Waals surface area contributed by atoms with Gasteiger partial charge in [-0.05, 0) is 19.9 Å². The zero-order valence-electron chi connectivity index (χ0n) is 5.05. The Morgan fingerprint density at radius 1 is 1.75 bits per heavy atom. The van der Waals surface area contributed by atoms with E-state index in [-0.39, 0.29) is 6.10 Å². The van der Waals surface area contributed by atoms with E-state index >= 15 is 0 Å². The van der Waals surface area contributed by atoms with E-state index in [1.807, 2.05) is 13.0 Å². The van der Waals surface area contributed by atoms with E-state index in [1.165, 1.54) is 6.47 Å². The van der Waals surface area contributed by atoms with Crippen LogP contribution >= 0.6 is 0 Å². The van der Waals surface area contributed by atoms with Gasteiger partial charge in [-0.15, -0.1) is 0 Å². The van der Waals surface area contributed by atoms with Gasteiger partial charge in [0.15, 0.2) is 0 Å². The maximum atomic E-state index is 9.51. The average molecular weight is 113 g/mol. The van der Waals surface area contributed by atoms with Crippen LogP contribution in [0.4, 0.5) is 0 Å². The zero-order chi connectivity index (χ0) is 6.41. The zero-order valence-corrected chi connectivity index (χ0v) is 5.05. The van der Waals surface area contributed by atoms with Crippen molar-refractivity contribution in [2.24, 2.45) is 0 Å². The Hall–Kier alpha value is -0.790. The first kappa shape index (κ1) is 7.21. The normalized spacial score (nSPS) is 13.8. The highest BCUT2D eigenvalue weighted by Gasteiger charge is 1.90. The lowest BCUT2D eigenvalue weighted by atomic mass is 10.4. The van der Waals surface area contributed by atoms with Gasteiger partial charge in [-0.2, -0.15) is 0 Å². The summed E-state index contributed by atoms with van der Waals surface area (Å²) in [6.07, 6.45) is 3.45. The number of hydrogen-bond donors (Lipinski definition) is 0. The summed E-state index contributed by atoms with van der Waals surface area (Å²) >= 11 is 0. The van der Waals surface area contributed by atoms with Crippen LogP contribution in [0.5, 0.6) is 0 Å².